The normalized spacial score (nSPS) is 31.5. The van der Waals surface area contributed by atoms with Crippen molar-refractivity contribution in [1.29, 1.82) is 0 Å². The minimum Gasteiger partial charge on any atom is -0.454 e. The zero-order valence-corrected chi connectivity index (χ0v) is 15.4. The van der Waals surface area contributed by atoms with E-state index in [9.17, 15) is 19.2 Å². The molecule has 7 nitrogen and oxygen atoms in total. The number of imide groups is 1. The van der Waals surface area contributed by atoms with E-state index in [1.165, 1.54) is 6.42 Å². The van der Waals surface area contributed by atoms with Gasteiger partial charge in [0.25, 0.3) is 5.91 Å². The van der Waals surface area contributed by atoms with Crippen LogP contribution in [0.5, 0.6) is 0 Å². The molecule has 0 unspecified atom stereocenters. The maximum atomic E-state index is 12.3. The Hall–Kier alpha value is -1.92. The molecular formula is C19H28N2O5. The van der Waals surface area contributed by atoms with Crippen LogP contribution in [0.4, 0.5) is 0 Å². The van der Waals surface area contributed by atoms with Gasteiger partial charge in [-0.25, -0.2) is 0 Å². The minimum atomic E-state index is -0.711. The molecular weight excluding hydrogens is 336 g/mol. The van der Waals surface area contributed by atoms with Gasteiger partial charge in [0.05, 0.1) is 11.8 Å². The highest BCUT2D eigenvalue weighted by Gasteiger charge is 2.48. The molecule has 0 radical (unpaired) electrons. The number of esters is 1. The second-order valence-corrected chi connectivity index (χ2v) is 7.86. The molecule has 0 spiro atoms. The van der Waals surface area contributed by atoms with E-state index >= 15 is 0 Å². The molecule has 1 saturated heterocycles. The number of likely N-dealkylation sites (tertiary alicyclic amines) is 1. The van der Waals surface area contributed by atoms with E-state index in [4.69, 9.17) is 4.74 Å². The standard InChI is InChI=1S/C19H28N2O5/c1-12-6-2-5-9-15(12)20-16(22)11-26-17(23)10-21-18(24)13-7-3-4-8-14(13)19(21)25/h12-15H,2-11H2,1H3,(H,20,22)/t12-,13-,14+,15+/m0/s1. The van der Waals surface area contributed by atoms with Crippen LogP contribution in [0.3, 0.4) is 0 Å². The predicted molar refractivity (Wildman–Crippen MR) is 92.7 cm³/mol. The van der Waals surface area contributed by atoms with E-state index in [0.717, 1.165) is 37.0 Å². The molecule has 1 heterocycles. The van der Waals surface area contributed by atoms with Crippen LogP contribution in [0, 0.1) is 17.8 Å². The van der Waals surface area contributed by atoms with Gasteiger partial charge in [-0.2, -0.15) is 0 Å². The largest absolute Gasteiger partial charge is 0.454 e. The molecule has 3 aliphatic rings. The summed E-state index contributed by atoms with van der Waals surface area (Å²) < 4.78 is 5.00. The van der Waals surface area contributed by atoms with Crippen LogP contribution >= 0.6 is 0 Å². The summed E-state index contributed by atoms with van der Waals surface area (Å²) in [6.45, 7) is 1.35. The molecule has 2 saturated carbocycles. The first-order valence-electron chi connectivity index (χ1n) is 9.77. The van der Waals surface area contributed by atoms with Gasteiger partial charge in [0.2, 0.25) is 11.8 Å². The molecule has 3 amide bonds. The van der Waals surface area contributed by atoms with Crippen molar-refractivity contribution in [3.63, 3.8) is 0 Å². The maximum absolute atomic E-state index is 12.3. The van der Waals surface area contributed by atoms with Crippen LogP contribution in [-0.4, -0.2) is 47.8 Å². The monoisotopic (exact) mass is 364 g/mol. The first-order valence-corrected chi connectivity index (χ1v) is 9.77. The van der Waals surface area contributed by atoms with E-state index in [2.05, 4.69) is 12.2 Å². The number of nitrogens with one attached hydrogen (secondary N) is 1. The number of carbonyl (C=O) groups excluding carboxylic acids is 4. The number of carbonyl (C=O) groups is 4. The van der Waals surface area contributed by atoms with E-state index in [1.54, 1.807) is 0 Å². The summed E-state index contributed by atoms with van der Waals surface area (Å²) in [4.78, 5) is 49.7. The van der Waals surface area contributed by atoms with Crippen LogP contribution in [-0.2, 0) is 23.9 Å². The average molecular weight is 364 g/mol. The predicted octanol–water partition coefficient (Wildman–Crippen LogP) is 1.40. The van der Waals surface area contributed by atoms with E-state index < -0.39 is 12.5 Å². The molecule has 144 valence electrons. The zero-order valence-electron chi connectivity index (χ0n) is 15.4. The minimum absolute atomic E-state index is 0.125. The van der Waals surface area contributed by atoms with Crippen LogP contribution < -0.4 is 5.32 Å². The number of rotatable bonds is 5. The van der Waals surface area contributed by atoms with Crippen molar-refractivity contribution >= 4 is 23.7 Å². The van der Waals surface area contributed by atoms with E-state index in [1.807, 2.05) is 0 Å². The number of amides is 3. The molecule has 26 heavy (non-hydrogen) atoms. The van der Waals surface area contributed by atoms with Crippen LogP contribution in [0.2, 0.25) is 0 Å². The first-order chi connectivity index (χ1) is 12.5. The lowest BCUT2D eigenvalue weighted by Crippen LogP contribution is -2.43. The summed E-state index contributed by atoms with van der Waals surface area (Å²) in [5, 5.41) is 2.91. The Labute approximate surface area is 153 Å². The van der Waals surface area contributed by atoms with Gasteiger partial charge in [-0.3, -0.25) is 24.1 Å². The Balaban J connectivity index is 1.44. The molecule has 0 bridgehead atoms. The summed E-state index contributed by atoms with van der Waals surface area (Å²) in [6.07, 6.45) is 7.62. The molecule has 3 fully saturated rings. The fraction of sp³-hybridized carbons (Fsp3) is 0.789. The highest BCUT2D eigenvalue weighted by atomic mass is 16.5. The molecule has 0 aromatic carbocycles. The maximum Gasteiger partial charge on any atom is 0.326 e. The van der Waals surface area contributed by atoms with Gasteiger partial charge in [0, 0.05) is 6.04 Å². The molecule has 1 aliphatic heterocycles. The highest BCUT2D eigenvalue weighted by molar-refractivity contribution is 6.07. The Morgan fingerprint density at radius 3 is 2.19 bits per heavy atom. The summed E-state index contributed by atoms with van der Waals surface area (Å²) >= 11 is 0. The topological polar surface area (TPSA) is 92.8 Å². The van der Waals surface area contributed by atoms with Crippen molar-refractivity contribution < 1.29 is 23.9 Å². The molecule has 7 heteroatoms. The quantitative estimate of drug-likeness (QED) is 0.588. The van der Waals surface area contributed by atoms with Crippen molar-refractivity contribution in [1.82, 2.24) is 10.2 Å². The lowest BCUT2D eigenvalue weighted by Gasteiger charge is -2.29. The smallest absolute Gasteiger partial charge is 0.326 e. The Morgan fingerprint density at radius 1 is 1.00 bits per heavy atom. The van der Waals surface area contributed by atoms with Gasteiger partial charge in [-0.05, 0) is 31.6 Å². The van der Waals surface area contributed by atoms with Gasteiger partial charge in [-0.1, -0.05) is 32.6 Å². The van der Waals surface area contributed by atoms with Crippen molar-refractivity contribution in [3.05, 3.63) is 0 Å². The van der Waals surface area contributed by atoms with Crippen molar-refractivity contribution in [2.24, 2.45) is 17.8 Å². The fourth-order valence-electron chi connectivity index (χ4n) is 4.49. The SMILES string of the molecule is C[C@H]1CCCC[C@H]1NC(=O)COC(=O)CN1C(=O)[C@H]2CCCC[C@H]2C1=O. The number of hydrogen-bond acceptors (Lipinski definition) is 5. The molecule has 0 aromatic rings. The molecule has 2 aliphatic carbocycles. The molecule has 0 aromatic heterocycles. The van der Waals surface area contributed by atoms with Crippen molar-refractivity contribution in [3.8, 4) is 0 Å². The van der Waals surface area contributed by atoms with Crippen LogP contribution in [0.1, 0.15) is 58.3 Å². The van der Waals surface area contributed by atoms with Gasteiger partial charge < -0.3 is 10.1 Å². The second kappa shape index (κ2) is 8.18. The Morgan fingerprint density at radius 2 is 1.58 bits per heavy atom. The van der Waals surface area contributed by atoms with Gasteiger partial charge in [-0.15, -0.1) is 0 Å². The van der Waals surface area contributed by atoms with Gasteiger partial charge in [0.1, 0.15) is 6.54 Å². The Kier molecular flexibility index (Phi) is 5.94. The number of fused-ring (bicyclic) bond motifs is 1. The molecule has 1 N–H and O–H groups in total. The molecule has 4 atom stereocenters. The summed E-state index contributed by atoms with van der Waals surface area (Å²) in [5.41, 5.74) is 0. The van der Waals surface area contributed by atoms with E-state index in [-0.39, 0.29) is 42.2 Å². The Bertz CT molecular complexity index is 566. The summed E-state index contributed by atoms with van der Waals surface area (Å²) in [6, 6.07) is 0.125. The second-order valence-electron chi connectivity index (χ2n) is 7.86. The molecule has 3 rings (SSSR count). The van der Waals surface area contributed by atoms with Crippen molar-refractivity contribution in [2.75, 3.05) is 13.2 Å². The number of nitrogens with zero attached hydrogens (tertiary/aromatic N) is 1. The number of ether oxygens (including phenoxy) is 1. The van der Waals surface area contributed by atoms with E-state index in [0.29, 0.717) is 18.8 Å². The van der Waals surface area contributed by atoms with Crippen LogP contribution in [0.25, 0.3) is 0 Å². The van der Waals surface area contributed by atoms with Gasteiger partial charge >= 0.3 is 5.97 Å². The lowest BCUT2D eigenvalue weighted by molar-refractivity contribution is -0.155. The third kappa shape index (κ3) is 4.07. The number of hydrogen-bond donors (Lipinski definition) is 1. The lowest BCUT2D eigenvalue weighted by atomic mass is 9.81. The highest BCUT2D eigenvalue weighted by Crippen LogP contribution is 2.37. The van der Waals surface area contributed by atoms with Crippen molar-refractivity contribution in [2.45, 2.75) is 64.3 Å². The summed E-state index contributed by atoms with van der Waals surface area (Å²) in [5.74, 6) is -1.71. The van der Waals surface area contributed by atoms with Gasteiger partial charge in [0.15, 0.2) is 6.61 Å². The van der Waals surface area contributed by atoms with Crippen LogP contribution in [0.15, 0.2) is 0 Å². The zero-order chi connectivity index (χ0) is 18.7. The third-order valence-corrected chi connectivity index (χ3v) is 6.04. The summed E-state index contributed by atoms with van der Waals surface area (Å²) in [7, 11) is 0. The third-order valence-electron chi connectivity index (χ3n) is 6.04. The first kappa shape index (κ1) is 18.9. The fourth-order valence-corrected chi connectivity index (χ4v) is 4.49. The average Bonchev–Trinajstić information content (AvgIpc) is 2.87.